The lowest BCUT2D eigenvalue weighted by atomic mass is 10.0. The van der Waals surface area contributed by atoms with Crippen LogP contribution in [0.25, 0.3) is 0 Å². The van der Waals surface area contributed by atoms with Crippen LogP contribution in [0.4, 0.5) is 0 Å². The smallest absolute Gasteiger partial charge is 0.232 e. The first kappa shape index (κ1) is 15.4. The van der Waals surface area contributed by atoms with Gasteiger partial charge in [0.05, 0.1) is 10.9 Å². The van der Waals surface area contributed by atoms with Crippen LogP contribution in [0.5, 0.6) is 0 Å². The first-order chi connectivity index (χ1) is 7.58. The summed E-state index contributed by atoms with van der Waals surface area (Å²) in [5, 5.41) is 0. The van der Waals surface area contributed by atoms with Gasteiger partial charge in [-0.2, -0.15) is 0 Å². The number of amides is 1. The van der Waals surface area contributed by atoms with Crippen LogP contribution in [0.2, 0.25) is 0 Å². The van der Waals surface area contributed by atoms with Gasteiger partial charge in [0.25, 0.3) is 0 Å². The van der Waals surface area contributed by atoms with E-state index < -0.39 is 0 Å². The van der Waals surface area contributed by atoms with Crippen molar-refractivity contribution in [3.8, 4) is 0 Å². The topological polar surface area (TPSA) is 46.3 Å². The molecule has 0 saturated heterocycles. The van der Waals surface area contributed by atoms with Crippen molar-refractivity contribution >= 4 is 23.1 Å². The molecule has 0 aromatic carbocycles. The van der Waals surface area contributed by atoms with Gasteiger partial charge >= 0.3 is 0 Å². The molecule has 2 N–H and O–H groups in total. The van der Waals surface area contributed by atoms with Crippen LogP contribution in [0.3, 0.4) is 0 Å². The maximum Gasteiger partial charge on any atom is 0.232 e. The Morgan fingerprint density at radius 2 is 1.69 bits per heavy atom. The van der Waals surface area contributed by atoms with Crippen molar-refractivity contribution in [1.29, 1.82) is 0 Å². The number of nitrogens with two attached hydrogens (primary N) is 1. The highest BCUT2D eigenvalue weighted by Gasteiger charge is 2.24. The Balaban J connectivity index is 4.58. The van der Waals surface area contributed by atoms with Crippen LogP contribution in [0.1, 0.15) is 46.5 Å². The summed E-state index contributed by atoms with van der Waals surface area (Å²) in [5.41, 5.74) is 5.64. The zero-order valence-electron chi connectivity index (χ0n) is 10.7. The molecule has 4 heteroatoms. The second-order valence-corrected chi connectivity index (χ2v) is 4.54. The fourth-order valence-electron chi connectivity index (χ4n) is 1.77. The van der Waals surface area contributed by atoms with Crippen molar-refractivity contribution < 1.29 is 4.79 Å². The Hall–Kier alpha value is -0.640. The van der Waals surface area contributed by atoms with Gasteiger partial charge in [-0.25, -0.2) is 0 Å². The Morgan fingerprint density at radius 1 is 1.19 bits per heavy atom. The van der Waals surface area contributed by atoms with E-state index in [1.54, 1.807) is 0 Å². The van der Waals surface area contributed by atoms with Gasteiger partial charge < -0.3 is 10.6 Å². The summed E-state index contributed by atoms with van der Waals surface area (Å²) in [6, 6.07) is 0. The monoisotopic (exact) mass is 244 g/mol. The maximum atomic E-state index is 12.2. The molecule has 0 saturated carbocycles. The van der Waals surface area contributed by atoms with Gasteiger partial charge in [-0.15, -0.1) is 0 Å². The third-order valence-electron chi connectivity index (χ3n) is 2.52. The third kappa shape index (κ3) is 4.92. The van der Waals surface area contributed by atoms with Gasteiger partial charge in [-0.05, 0) is 19.3 Å². The molecule has 0 spiro atoms. The van der Waals surface area contributed by atoms with Gasteiger partial charge in [0.15, 0.2) is 0 Å². The van der Waals surface area contributed by atoms with Crippen LogP contribution in [0.15, 0.2) is 0 Å². The molecule has 0 rings (SSSR count). The molecule has 0 fully saturated rings. The summed E-state index contributed by atoms with van der Waals surface area (Å²) in [5.74, 6) is -0.156. The van der Waals surface area contributed by atoms with E-state index in [4.69, 9.17) is 18.0 Å². The number of carbonyl (C=O) groups excluding carboxylic acids is 1. The van der Waals surface area contributed by atoms with Crippen LogP contribution < -0.4 is 5.73 Å². The maximum absolute atomic E-state index is 12.2. The first-order valence-electron chi connectivity index (χ1n) is 6.16. The third-order valence-corrected chi connectivity index (χ3v) is 2.80. The SMILES string of the molecule is CCCC(C(=O)N(CCC)CCC)C(N)=S. The average molecular weight is 244 g/mol. The summed E-state index contributed by atoms with van der Waals surface area (Å²) in [4.78, 5) is 14.4. The van der Waals surface area contributed by atoms with E-state index in [2.05, 4.69) is 13.8 Å². The Kier molecular flexibility index (Phi) is 8.16. The number of hydrogen-bond donors (Lipinski definition) is 1. The molecule has 1 atom stereocenters. The molecule has 3 nitrogen and oxygen atoms in total. The lowest BCUT2D eigenvalue weighted by Gasteiger charge is -2.26. The van der Waals surface area contributed by atoms with Crippen molar-refractivity contribution in [3.63, 3.8) is 0 Å². The molecule has 0 heterocycles. The van der Waals surface area contributed by atoms with Gasteiger partial charge in [0.1, 0.15) is 0 Å². The van der Waals surface area contributed by atoms with E-state index in [1.807, 2.05) is 11.8 Å². The largest absolute Gasteiger partial charge is 0.393 e. The predicted octanol–water partition coefficient (Wildman–Crippen LogP) is 2.34. The first-order valence-corrected chi connectivity index (χ1v) is 6.57. The molecule has 0 aliphatic heterocycles. The second-order valence-electron chi connectivity index (χ2n) is 4.07. The molecule has 1 amide bonds. The van der Waals surface area contributed by atoms with Crippen molar-refractivity contribution in [3.05, 3.63) is 0 Å². The Bertz CT molecular complexity index is 225. The minimum atomic E-state index is -0.266. The van der Waals surface area contributed by atoms with Gasteiger partial charge in [0, 0.05) is 13.1 Å². The van der Waals surface area contributed by atoms with E-state index >= 15 is 0 Å². The van der Waals surface area contributed by atoms with E-state index in [0.717, 1.165) is 38.8 Å². The number of nitrogens with zero attached hydrogens (tertiary/aromatic N) is 1. The van der Waals surface area contributed by atoms with Crippen LogP contribution in [0, 0.1) is 5.92 Å². The fraction of sp³-hybridized carbons (Fsp3) is 0.833. The zero-order valence-corrected chi connectivity index (χ0v) is 11.5. The van der Waals surface area contributed by atoms with E-state index in [1.165, 1.54) is 0 Å². The standard InChI is InChI=1S/C12H24N2OS/c1-4-7-10(11(13)16)12(15)14(8-5-2)9-6-3/h10H,4-9H2,1-3H3,(H2,13,16). The number of hydrogen-bond acceptors (Lipinski definition) is 2. The number of rotatable bonds is 8. The fourth-order valence-corrected chi connectivity index (χ4v) is 1.99. The van der Waals surface area contributed by atoms with E-state index in [-0.39, 0.29) is 11.8 Å². The normalized spacial score (nSPS) is 12.2. The Labute approximate surface area is 104 Å². The molecule has 0 radical (unpaired) electrons. The molecule has 16 heavy (non-hydrogen) atoms. The van der Waals surface area contributed by atoms with Gasteiger partial charge in [0.2, 0.25) is 5.91 Å². The highest BCUT2D eigenvalue weighted by molar-refractivity contribution is 7.80. The molecule has 0 aliphatic rings. The minimum absolute atomic E-state index is 0.109. The predicted molar refractivity (Wildman–Crippen MR) is 72.3 cm³/mol. The molecular weight excluding hydrogens is 220 g/mol. The van der Waals surface area contributed by atoms with E-state index in [9.17, 15) is 4.79 Å². The highest BCUT2D eigenvalue weighted by atomic mass is 32.1. The van der Waals surface area contributed by atoms with Crippen molar-refractivity contribution in [1.82, 2.24) is 4.90 Å². The lowest BCUT2D eigenvalue weighted by molar-refractivity contribution is -0.133. The average Bonchev–Trinajstić information content (AvgIpc) is 2.24. The van der Waals surface area contributed by atoms with Crippen molar-refractivity contribution in [2.24, 2.45) is 11.7 Å². The zero-order chi connectivity index (χ0) is 12.6. The van der Waals surface area contributed by atoms with Crippen molar-refractivity contribution in [2.45, 2.75) is 46.5 Å². The van der Waals surface area contributed by atoms with Crippen LogP contribution >= 0.6 is 12.2 Å². The molecule has 0 aromatic rings. The molecule has 0 aromatic heterocycles. The van der Waals surface area contributed by atoms with E-state index in [0.29, 0.717) is 4.99 Å². The molecule has 0 aliphatic carbocycles. The van der Waals surface area contributed by atoms with Gasteiger partial charge in [-0.1, -0.05) is 39.4 Å². The summed E-state index contributed by atoms with van der Waals surface area (Å²) in [6.07, 6.45) is 3.64. The minimum Gasteiger partial charge on any atom is -0.393 e. The summed E-state index contributed by atoms with van der Waals surface area (Å²) in [6.45, 7) is 7.80. The second kappa shape index (κ2) is 8.50. The number of carbonyl (C=O) groups is 1. The van der Waals surface area contributed by atoms with Gasteiger partial charge in [-0.3, -0.25) is 4.79 Å². The molecular formula is C12H24N2OS. The van der Waals surface area contributed by atoms with Crippen molar-refractivity contribution in [2.75, 3.05) is 13.1 Å². The summed E-state index contributed by atoms with van der Waals surface area (Å²) in [7, 11) is 0. The van der Waals surface area contributed by atoms with Crippen LogP contribution in [-0.2, 0) is 4.79 Å². The summed E-state index contributed by atoms with van der Waals surface area (Å²) >= 11 is 4.98. The Morgan fingerprint density at radius 3 is 2.00 bits per heavy atom. The lowest BCUT2D eigenvalue weighted by Crippen LogP contribution is -2.42. The molecule has 0 bridgehead atoms. The molecule has 1 unspecified atom stereocenters. The quantitative estimate of drug-likeness (QED) is 0.667. The number of thiocarbonyl (C=S) groups is 1. The molecule has 94 valence electrons. The summed E-state index contributed by atoms with van der Waals surface area (Å²) < 4.78 is 0. The highest BCUT2D eigenvalue weighted by Crippen LogP contribution is 2.12. The van der Waals surface area contributed by atoms with Crippen LogP contribution in [-0.4, -0.2) is 28.9 Å².